The molecule has 0 aliphatic carbocycles. The summed E-state index contributed by atoms with van der Waals surface area (Å²) in [5.41, 5.74) is -1.29. The molecule has 6 heteroatoms. The Kier molecular flexibility index (Phi) is 10.4. The summed E-state index contributed by atoms with van der Waals surface area (Å²) < 4.78 is 11.4. The Bertz CT molecular complexity index is 378. The Morgan fingerprint density at radius 3 is 2.08 bits per heavy atom. The molecule has 0 saturated carbocycles. The van der Waals surface area contributed by atoms with Crippen molar-refractivity contribution in [3.05, 3.63) is 0 Å². The standard InChI is InChI=1S/C18H34O6/c1-14(22-15(2)13-18(5,6)24-21)12-17(3,4)23-16(20)10-8-7-9-11-19/h11,14-15,21H,7-10,12-13H2,1-6H3. The number of esters is 1. The van der Waals surface area contributed by atoms with Crippen LogP contribution in [0.3, 0.4) is 0 Å². The third-order valence-corrected chi connectivity index (χ3v) is 3.61. The van der Waals surface area contributed by atoms with Gasteiger partial charge >= 0.3 is 5.97 Å². The van der Waals surface area contributed by atoms with Crippen LogP contribution in [0.25, 0.3) is 0 Å². The Morgan fingerprint density at radius 2 is 1.58 bits per heavy atom. The van der Waals surface area contributed by atoms with Gasteiger partial charge in [-0.2, -0.15) is 0 Å². The van der Waals surface area contributed by atoms with Crippen LogP contribution in [0, 0.1) is 0 Å². The maximum Gasteiger partial charge on any atom is 0.306 e. The van der Waals surface area contributed by atoms with Gasteiger partial charge in [-0.05, 0) is 54.4 Å². The highest BCUT2D eigenvalue weighted by molar-refractivity contribution is 5.69. The number of carbonyl (C=O) groups excluding carboxylic acids is 2. The summed E-state index contributed by atoms with van der Waals surface area (Å²) in [6.45, 7) is 11.2. The average Bonchev–Trinajstić information content (AvgIpc) is 2.41. The van der Waals surface area contributed by atoms with Crippen LogP contribution in [-0.4, -0.2) is 40.9 Å². The molecular weight excluding hydrogens is 312 g/mol. The van der Waals surface area contributed by atoms with E-state index in [1.165, 1.54) is 0 Å². The van der Waals surface area contributed by atoms with Crippen LogP contribution in [0.4, 0.5) is 0 Å². The minimum absolute atomic E-state index is 0.100. The van der Waals surface area contributed by atoms with Crippen LogP contribution in [0.15, 0.2) is 0 Å². The molecular formula is C18H34O6. The van der Waals surface area contributed by atoms with E-state index in [-0.39, 0.29) is 18.2 Å². The summed E-state index contributed by atoms with van der Waals surface area (Å²) in [4.78, 5) is 26.5. The van der Waals surface area contributed by atoms with E-state index in [0.717, 1.165) is 6.29 Å². The van der Waals surface area contributed by atoms with Gasteiger partial charge in [0.05, 0.1) is 12.2 Å². The van der Waals surface area contributed by atoms with Crippen molar-refractivity contribution in [3.8, 4) is 0 Å². The Labute approximate surface area is 145 Å². The van der Waals surface area contributed by atoms with Crippen molar-refractivity contribution in [1.29, 1.82) is 0 Å². The zero-order valence-electron chi connectivity index (χ0n) is 16.0. The van der Waals surface area contributed by atoms with E-state index in [1.54, 1.807) is 13.8 Å². The molecule has 0 aromatic carbocycles. The van der Waals surface area contributed by atoms with Gasteiger partial charge < -0.3 is 14.3 Å². The van der Waals surface area contributed by atoms with E-state index in [2.05, 4.69) is 4.89 Å². The van der Waals surface area contributed by atoms with Crippen molar-refractivity contribution in [1.82, 2.24) is 0 Å². The Hall–Kier alpha value is -0.980. The summed E-state index contributed by atoms with van der Waals surface area (Å²) >= 11 is 0. The SMILES string of the molecule is CC(CC(C)(C)OO)OC(C)CC(C)(C)OC(=O)CCCCC=O. The number of aldehydes is 1. The molecule has 0 aliphatic heterocycles. The van der Waals surface area contributed by atoms with Gasteiger partial charge in [0.15, 0.2) is 0 Å². The summed E-state index contributed by atoms with van der Waals surface area (Å²) in [6.07, 6.45) is 3.94. The first-order valence-corrected chi connectivity index (χ1v) is 8.65. The van der Waals surface area contributed by atoms with Gasteiger partial charge in [-0.1, -0.05) is 0 Å². The maximum absolute atomic E-state index is 11.9. The maximum atomic E-state index is 11.9. The molecule has 142 valence electrons. The van der Waals surface area contributed by atoms with Gasteiger partial charge in [-0.3, -0.25) is 10.1 Å². The summed E-state index contributed by atoms with van der Waals surface area (Å²) in [5.74, 6) is -0.249. The van der Waals surface area contributed by atoms with Gasteiger partial charge in [0.2, 0.25) is 0 Å². The summed E-state index contributed by atoms with van der Waals surface area (Å²) in [7, 11) is 0. The number of carbonyl (C=O) groups is 2. The van der Waals surface area contributed by atoms with Gasteiger partial charge in [0, 0.05) is 25.7 Å². The highest BCUT2D eigenvalue weighted by Crippen LogP contribution is 2.23. The van der Waals surface area contributed by atoms with Crippen LogP contribution < -0.4 is 0 Å². The zero-order valence-corrected chi connectivity index (χ0v) is 16.0. The Balaban J connectivity index is 4.23. The first-order chi connectivity index (χ1) is 11.0. The average molecular weight is 346 g/mol. The van der Waals surface area contributed by atoms with Crippen molar-refractivity contribution >= 4 is 12.3 Å². The lowest BCUT2D eigenvalue weighted by atomic mass is 9.99. The van der Waals surface area contributed by atoms with Crippen molar-refractivity contribution in [2.45, 2.75) is 103 Å². The van der Waals surface area contributed by atoms with Crippen LogP contribution in [-0.2, 0) is 24.0 Å². The van der Waals surface area contributed by atoms with Crippen LogP contribution in [0.1, 0.15) is 80.1 Å². The lowest BCUT2D eigenvalue weighted by molar-refractivity contribution is -0.318. The molecule has 0 radical (unpaired) electrons. The van der Waals surface area contributed by atoms with Gasteiger partial charge in [-0.15, -0.1) is 0 Å². The first kappa shape index (κ1) is 23.0. The molecule has 0 fully saturated rings. The third kappa shape index (κ3) is 11.5. The number of ether oxygens (including phenoxy) is 2. The van der Waals surface area contributed by atoms with Crippen molar-refractivity contribution < 1.29 is 29.2 Å². The molecule has 2 unspecified atom stereocenters. The zero-order chi connectivity index (χ0) is 18.8. The second-order valence-electron chi connectivity index (χ2n) is 7.66. The molecule has 24 heavy (non-hydrogen) atoms. The fourth-order valence-corrected chi connectivity index (χ4v) is 2.81. The van der Waals surface area contributed by atoms with Crippen LogP contribution in [0.5, 0.6) is 0 Å². The van der Waals surface area contributed by atoms with E-state index >= 15 is 0 Å². The van der Waals surface area contributed by atoms with Gasteiger partial charge in [0.25, 0.3) is 0 Å². The lowest BCUT2D eigenvalue weighted by Crippen LogP contribution is -2.35. The largest absolute Gasteiger partial charge is 0.460 e. The topological polar surface area (TPSA) is 82.1 Å². The number of rotatable bonds is 13. The minimum Gasteiger partial charge on any atom is -0.460 e. The molecule has 0 amide bonds. The third-order valence-electron chi connectivity index (χ3n) is 3.61. The normalized spacial score (nSPS) is 15.0. The Morgan fingerprint density at radius 1 is 1.04 bits per heavy atom. The smallest absolute Gasteiger partial charge is 0.306 e. The molecule has 2 atom stereocenters. The number of unbranched alkanes of at least 4 members (excludes halogenated alkanes) is 2. The number of hydrogen-bond acceptors (Lipinski definition) is 6. The molecule has 0 aromatic heterocycles. The second kappa shape index (κ2) is 10.8. The van der Waals surface area contributed by atoms with Crippen LogP contribution >= 0.6 is 0 Å². The second-order valence-corrected chi connectivity index (χ2v) is 7.66. The summed E-state index contributed by atoms with van der Waals surface area (Å²) in [5, 5.41) is 8.83. The molecule has 0 saturated heterocycles. The summed E-state index contributed by atoms with van der Waals surface area (Å²) in [6, 6.07) is 0. The molecule has 0 aromatic rings. The van der Waals surface area contributed by atoms with E-state index in [9.17, 15) is 9.59 Å². The molecule has 1 N–H and O–H groups in total. The molecule has 0 heterocycles. The lowest BCUT2D eigenvalue weighted by Gasteiger charge is -2.31. The predicted molar refractivity (Wildman–Crippen MR) is 91.7 cm³/mol. The fraction of sp³-hybridized carbons (Fsp3) is 0.889. The molecule has 6 nitrogen and oxygen atoms in total. The highest BCUT2D eigenvalue weighted by Gasteiger charge is 2.28. The van der Waals surface area contributed by atoms with Gasteiger partial charge in [0.1, 0.15) is 17.5 Å². The predicted octanol–water partition coefficient (Wildman–Crippen LogP) is 3.91. The van der Waals surface area contributed by atoms with E-state index in [1.807, 2.05) is 27.7 Å². The van der Waals surface area contributed by atoms with E-state index < -0.39 is 11.2 Å². The van der Waals surface area contributed by atoms with Crippen LogP contribution in [0.2, 0.25) is 0 Å². The monoisotopic (exact) mass is 346 g/mol. The van der Waals surface area contributed by atoms with E-state index in [4.69, 9.17) is 14.7 Å². The fourth-order valence-electron chi connectivity index (χ4n) is 2.81. The molecule has 0 spiro atoms. The van der Waals surface area contributed by atoms with Crippen molar-refractivity contribution in [3.63, 3.8) is 0 Å². The minimum atomic E-state index is -0.664. The van der Waals surface area contributed by atoms with Gasteiger partial charge in [-0.25, -0.2) is 4.89 Å². The molecule has 0 bridgehead atoms. The van der Waals surface area contributed by atoms with E-state index in [0.29, 0.717) is 38.5 Å². The highest BCUT2D eigenvalue weighted by atomic mass is 17.1. The van der Waals surface area contributed by atoms with Crippen molar-refractivity contribution in [2.24, 2.45) is 0 Å². The first-order valence-electron chi connectivity index (χ1n) is 8.65. The van der Waals surface area contributed by atoms with Crippen molar-refractivity contribution in [2.75, 3.05) is 0 Å². The quantitative estimate of drug-likeness (QED) is 0.179. The number of hydrogen-bond donors (Lipinski definition) is 1. The molecule has 0 aliphatic rings. The molecule has 0 rings (SSSR count).